The van der Waals surface area contributed by atoms with E-state index in [1.165, 1.54) is 5.56 Å². The summed E-state index contributed by atoms with van der Waals surface area (Å²) in [5, 5.41) is 0. The maximum atomic E-state index is 5.36. The quantitative estimate of drug-likeness (QED) is 0.806. The van der Waals surface area contributed by atoms with Crippen LogP contribution < -0.4 is 5.73 Å². The van der Waals surface area contributed by atoms with E-state index in [9.17, 15) is 0 Å². The molecule has 1 aromatic rings. The summed E-state index contributed by atoms with van der Waals surface area (Å²) in [7, 11) is 0. The van der Waals surface area contributed by atoms with Gasteiger partial charge < -0.3 is 5.73 Å². The molecule has 0 atom stereocenters. The highest BCUT2D eigenvalue weighted by Gasteiger charge is 2.05. The van der Waals surface area contributed by atoms with Gasteiger partial charge in [0.25, 0.3) is 0 Å². The maximum absolute atomic E-state index is 5.36. The van der Waals surface area contributed by atoms with Crippen molar-refractivity contribution in [2.24, 2.45) is 11.7 Å². The number of hydrogen-bond donors (Lipinski definition) is 1. The molecule has 0 aliphatic carbocycles. The van der Waals surface area contributed by atoms with Gasteiger partial charge in [0.05, 0.1) is 6.54 Å². The van der Waals surface area contributed by atoms with E-state index < -0.39 is 0 Å². The molecule has 2 nitrogen and oxygen atoms in total. The third-order valence-corrected chi connectivity index (χ3v) is 2.77. The highest BCUT2D eigenvalue weighted by atomic mass is 15.1. The number of nitrogens with two attached hydrogens (primary N) is 1. The van der Waals surface area contributed by atoms with Crippen LogP contribution in [0, 0.1) is 17.8 Å². The highest BCUT2D eigenvalue weighted by Crippen LogP contribution is 2.08. The summed E-state index contributed by atoms with van der Waals surface area (Å²) in [6.07, 6.45) is 0. The Labute approximate surface area is 111 Å². The van der Waals surface area contributed by atoms with Gasteiger partial charge in [0.2, 0.25) is 0 Å². The zero-order valence-electron chi connectivity index (χ0n) is 11.7. The van der Waals surface area contributed by atoms with Crippen molar-refractivity contribution in [3.63, 3.8) is 0 Å². The lowest BCUT2D eigenvalue weighted by molar-refractivity contribution is 0.248. The topological polar surface area (TPSA) is 29.3 Å². The van der Waals surface area contributed by atoms with Crippen molar-refractivity contribution in [2.75, 3.05) is 19.6 Å². The van der Waals surface area contributed by atoms with E-state index in [0.29, 0.717) is 12.5 Å². The summed E-state index contributed by atoms with van der Waals surface area (Å²) in [5.74, 6) is 6.62. The first-order chi connectivity index (χ1) is 8.65. The molecule has 98 valence electrons. The smallest absolute Gasteiger partial charge is 0.0555 e. The van der Waals surface area contributed by atoms with Crippen LogP contribution in [0.5, 0.6) is 0 Å². The molecule has 0 fully saturated rings. The Morgan fingerprint density at radius 1 is 1.22 bits per heavy atom. The maximum Gasteiger partial charge on any atom is 0.0555 e. The average Bonchev–Trinajstić information content (AvgIpc) is 2.36. The summed E-state index contributed by atoms with van der Waals surface area (Å²) in [4.78, 5) is 2.46. The second kappa shape index (κ2) is 7.92. The molecule has 1 rings (SSSR count). The van der Waals surface area contributed by atoms with Crippen LogP contribution in [0.3, 0.4) is 0 Å². The van der Waals surface area contributed by atoms with Crippen LogP contribution in [0.1, 0.15) is 31.9 Å². The molecule has 0 aromatic heterocycles. The number of rotatable bonds is 5. The minimum atomic E-state index is 0.416. The molecule has 0 unspecified atom stereocenters. The molecule has 0 aliphatic rings. The van der Waals surface area contributed by atoms with E-state index in [1.54, 1.807) is 0 Å². The van der Waals surface area contributed by atoms with Crippen LogP contribution in [0.25, 0.3) is 0 Å². The largest absolute Gasteiger partial charge is 0.320 e. The zero-order chi connectivity index (χ0) is 13.4. The van der Waals surface area contributed by atoms with Crippen molar-refractivity contribution in [3.05, 3.63) is 35.4 Å². The lowest BCUT2D eigenvalue weighted by Crippen LogP contribution is -2.27. The molecule has 0 heterocycles. The van der Waals surface area contributed by atoms with Crippen molar-refractivity contribution in [2.45, 2.75) is 27.3 Å². The molecule has 0 spiro atoms. The average molecular weight is 244 g/mol. The van der Waals surface area contributed by atoms with Crippen LogP contribution in [0.2, 0.25) is 0 Å². The summed E-state index contributed by atoms with van der Waals surface area (Å²) in [5.41, 5.74) is 7.74. The lowest BCUT2D eigenvalue weighted by atomic mass is 10.1. The molecule has 0 amide bonds. The Balaban J connectivity index is 2.61. The van der Waals surface area contributed by atoms with Gasteiger partial charge in [-0.05, 0) is 30.2 Å². The van der Waals surface area contributed by atoms with Crippen LogP contribution in [0.15, 0.2) is 24.3 Å². The first kappa shape index (κ1) is 14.8. The Morgan fingerprint density at radius 3 is 2.39 bits per heavy atom. The Hall–Kier alpha value is -1.30. The van der Waals surface area contributed by atoms with Crippen LogP contribution in [-0.4, -0.2) is 24.5 Å². The number of hydrogen-bond acceptors (Lipinski definition) is 2. The Morgan fingerprint density at radius 2 is 1.89 bits per heavy atom. The predicted molar refractivity (Wildman–Crippen MR) is 78.2 cm³/mol. The van der Waals surface area contributed by atoms with Crippen LogP contribution >= 0.6 is 0 Å². The van der Waals surface area contributed by atoms with E-state index in [1.807, 2.05) is 0 Å². The summed E-state index contributed by atoms with van der Waals surface area (Å²) in [6.45, 7) is 10.4. The van der Waals surface area contributed by atoms with Crippen molar-refractivity contribution in [1.29, 1.82) is 0 Å². The standard InChI is InChI=1S/C16H24N2/c1-4-18(12-14(2)3)13-16-9-7-15(8-10-16)6-5-11-17/h7-10,14H,4,11-13,17H2,1-3H3. The van der Waals surface area contributed by atoms with Gasteiger partial charge in [0.1, 0.15) is 0 Å². The molecular weight excluding hydrogens is 220 g/mol. The predicted octanol–water partition coefficient (Wildman–Crippen LogP) is 2.47. The normalized spacial score (nSPS) is 10.6. The fraction of sp³-hybridized carbons (Fsp3) is 0.500. The lowest BCUT2D eigenvalue weighted by Gasteiger charge is -2.22. The monoisotopic (exact) mass is 244 g/mol. The minimum absolute atomic E-state index is 0.416. The molecule has 0 saturated carbocycles. The molecule has 0 bridgehead atoms. The van der Waals surface area contributed by atoms with Crippen LogP contribution in [-0.2, 0) is 6.54 Å². The van der Waals surface area contributed by atoms with E-state index >= 15 is 0 Å². The minimum Gasteiger partial charge on any atom is -0.320 e. The molecule has 2 heteroatoms. The molecule has 0 aliphatic heterocycles. The first-order valence-electron chi connectivity index (χ1n) is 6.66. The van der Waals surface area contributed by atoms with Gasteiger partial charge in [0, 0.05) is 18.7 Å². The molecule has 2 N–H and O–H groups in total. The third kappa shape index (κ3) is 5.35. The fourth-order valence-electron chi connectivity index (χ4n) is 1.93. The van der Waals surface area contributed by atoms with Gasteiger partial charge in [-0.25, -0.2) is 0 Å². The van der Waals surface area contributed by atoms with Gasteiger partial charge in [-0.15, -0.1) is 0 Å². The zero-order valence-corrected chi connectivity index (χ0v) is 11.7. The third-order valence-electron chi connectivity index (χ3n) is 2.77. The fourth-order valence-corrected chi connectivity index (χ4v) is 1.93. The van der Waals surface area contributed by atoms with E-state index in [2.05, 4.69) is 61.8 Å². The first-order valence-corrected chi connectivity index (χ1v) is 6.66. The van der Waals surface area contributed by atoms with Crippen molar-refractivity contribution < 1.29 is 0 Å². The van der Waals surface area contributed by atoms with Crippen molar-refractivity contribution >= 4 is 0 Å². The van der Waals surface area contributed by atoms with E-state index in [-0.39, 0.29) is 0 Å². The Kier molecular flexibility index (Phi) is 6.49. The van der Waals surface area contributed by atoms with E-state index in [4.69, 9.17) is 5.73 Å². The molecule has 18 heavy (non-hydrogen) atoms. The number of benzene rings is 1. The molecular formula is C16H24N2. The van der Waals surface area contributed by atoms with Gasteiger partial charge in [-0.3, -0.25) is 4.90 Å². The van der Waals surface area contributed by atoms with Crippen molar-refractivity contribution in [1.82, 2.24) is 4.90 Å². The Bertz CT molecular complexity index is 395. The second-order valence-corrected chi connectivity index (χ2v) is 4.92. The van der Waals surface area contributed by atoms with E-state index in [0.717, 1.165) is 25.2 Å². The van der Waals surface area contributed by atoms with Gasteiger partial charge >= 0.3 is 0 Å². The van der Waals surface area contributed by atoms with Gasteiger partial charge in [-0.1, -0.05) is 44.7 Å². The summed E-state index contributed by atoms with van der Waals surface area (Å²) < 4.78 is 0. The molecule has 0 radical (unpaired) electrons. The molecule has 0 saturated heterocycles. The highest BCUT2D eigenvalue weighted by molar-refractivity contribution is 5.36. The SMILES string of the molecule is CCN(Cc1ccc(C#CCN)cc1)CC(C)C. The van der Waals surface area contributed by atoms with Crippen LogP contribution in [0.4, 0.5) is 0 Å². The van der Waals surface area contributed by atoms with Crippen molar-refractivity contribution in [3.8, 4) is 11.8 Å². The van der Waals surface area contributed by atoms with Gasteiger partial charge in [0.15, 0.2) is 0 Å². The summed E-state index contributed by atoms with van der Waals surface area (Å²) >= 11 is 0. The molecule has 1 aromatic carbocycles. The number of nitrogens with zero attached hydrogens (tertiary/aromatic N) is 1. The second-order valence-electron chi connectivity index (χ2n) is 4.92. The summed E-state index contributed by atoms with van der Waals surface area (Å²) in [6, 6.07) is 8.45. The van der Waals surface area contributed by atoms with Gasteiger partial charge in [-0.2, -0.15) is 0 Å².